The van der Waals surface area contributed by atoms with Crippen LogP contribution in [0.15, 0.2) is 47.4 Å². The SMILES string of the molecule is COc1ccc(S(=O)(=O)Nc2cccc(N3CCCCC3=O)c2)c(C)c1. The van der Waals surface area contributed by atoms with E-state index >= 15 is 0 Å². The number of hydrogen-bond acceptors (Lipinski definition) is 4. The summed E-state index contributed by atoms with van der Waals surface area (Å²) in [5.41, 5.74) is 1.73. The molecule has 1 heterocycles. The van der Waals surface area contributed by atoms with Crippen LogP contribution in [0.3, 0.4) is 0 Å². The number of amides is 1. The molecule has 3 rings (SSSR count). The number of sulfonamides is 1. The highest BCUT2D eigenvalue weighted by Crippen LogP contribution is 2.27. The van der Waals surface area contributed by atoms with Crippen LogP contribution < -0.4 is 14.4 Å². The zero-order valence-electron chi connectivity index (χ0n) is 14.9. The molecule has 0 radical (unpaired) electrons. The van der Waals surface area contributed by atoms with Gasteiger partial charge in [-0.1, -0.05) is 6.07 Å². The van der Waals surface area contributed by atoms with Crippen LogP contribution in [0.4, 0.5) is 11.4 Å². The zero-order valence-corrected chi connectivity index (χ0v) is 15.7. The molecule has 1 N–H and O–H groups in total. The Morgan fingerprint density at radius 2 is 1.92 bits per heavy atom. The van der Waals surface area contributed by atoms with E-state index in [9.17, 15) is 13.2 Å². The summed E-state index contributed by atoms with van der Waals surface area (Å²) in [5.74, 6) is 0.675. The summed E-state index contributed by atoms with van der Waals surface area (Å²) >= 11 is 0. The first-order valence-corrected chi connectivity index (χ1v) is 9.97. The predicted octanol–water partition coefficient (Wildman–Crippen LogP) is 3.32. The second-order valence-corrected chi connectivity index (χ2v) is 7.94. The minimum absolute atomic E-state index is 0.0715. The lowest BCUT2D eigenvalue weighted by Gasteiger charge is -2.27. The lowest BCUT2D eigenvalue weighted by Crippen LogP contribution is -2.35. The minimum Gasteiger partial charge on any atom is -0.497 e. The molecule has 0 atom stereocenters. The lowest BCUT2D eigenvalue weighted by atomic mass is 10.1. The topological polar surface area (TPSA) is 75.7 Å². The van der Waals surface area contributed by atoms with Crippen molar-refractivity contribution >= 4 is 27.3 Å². The Morgan fingerprint density at radius 3 is 2.62 bits per heavy atom. The van der Waals surface area contributed by atoms with Gasteiger partial charge in [-0.05, 0) is 61.7 Å². The fourth-order valence-corrected chi connectivity index (χ4v) is 4.35. The van der Waals surface area contributed by atoms with Gasteiger partial charge in [-0.15, -0.1) is 0 Å². The van der Waals surface area contributed by atoms with E-state index in [2.05, 4.69) is 4.72 Å². The number of anilines is 2. The first-order chi connectivity index (χ1) is 12.4. The molecule has 0 aliphatic carbocycles. The molecule has 0 bridgehead atoms. The van der Waals surface area contributed by atoms with Crippen molar-refractivity contribution in [2.75, 3.05) is 23.3 Å². The van der Waals surface area contributed by atoms with Crippen molar-refractivity contribution < 1.29 is 17.9 Å². The second-order valence-electron chi connectivity index (χ2n) is 6.29. The van der Waals surface area contributed by atoms with Crippen molar-refractivity contribution in [1.29, 1.82) is 0 Å². The van der Waals surface area contributed by atoms with E-state index in [1.165, 1.54) is 13.2 Å². The molecule has 7 heteroatoms. The van der Waals surface area contributed by atoms with Gasteiger partial charge in [0.25, 0.3) is 10.0 Å². The summed E-state index contributed by atoms with van der Waals surface area (Å²) in [4.78, 5) is 14.0. The van der Waals surface area contributed by atoms with Gasteiger partial charge in [-0.2, -0.15) is 0 Å². The molecule has 0 saturated carbocycles. The number of rotatable bonds is 5. The number of nitrogens with zero attached hydrogens (tertiary/aromatic N) is 1. The van der Waals surface area contributed by atoms with E-state index in [-0.39, 0.29) is 10.8 Å². The average Bonchev–Trinajstić information content (AvgIpc) is 2.61. The van der Waals surface area contributed by atoms with Gasteiger partial charge in [-0.3, -0.25) is 9.52 Å². The smallest absolute Gasteiger partial charge is 0.262 e. The molecule has 2 aromatic rings. The highest BCUT2D eigenvalue weighted by molar-refractivity contribution is 7.92. The Kier molecular flexibility index (Phi) is 5.18. The van der Waals surface area contributed by atoms with Crippen LogP contribution in [-0.2, 0) is 14.8 Å². The van der Waals surface area contributed by atoms with E-state index < -0.39 is 10.0 Å². The first kappa shape index (κ1) is 18.3. The molecule has 6 nitrogen and oxygen atoms in total. The molecule has 1 fully saturated rings. The van der Waals surface area contributed by atoms with Gasteiger partial charge in [0.15, 0.2) is 0 Å². The number of carbonyl (C=O) groups is 1. The number of carbonyl (C=O) groups excluding carboxylic acids is 1. The molecule has 1 amide bonds. The quantitative estimate of drug-likeness (QED) is 0.871. The lowest BCUT2D eigenvalue weighted by molar-refractivity contribution is -0.119. The normalized spacial score (nSPS) is 15.0. The van der Waals surface area contributed by atoms with Gasteiger partial charge in [-0.25, -0.2) is 8.42 Å². The van der Waals surface area contributed by atoms with Crippen LogP contribution in [0.1, 0.15) is 24.8 Å². The number of methoxy groups -OCH3 is 1. The molecule has 1 saturated heterocycles. The minimum atomic E-state index is -3.74. The number of hydrogen-bond donors (Lipinski definition) is 1. The van der Waals surface area contributed by atoms with E-state index in [0.29, 0.717) is 35.7 Å². The molecule has 0 unspecified atom stereocenters. The molecule has 2 aromatic carbocycles. The standard InChI is InChI=1S/C19H22N2O4S/c1-14-12-17(25-2)9-10-18(14)26(23,24)20-15-6-5-7-16(13-15)21-11-4-3-8-19(21)22/h5-7,9-10,12-13,20H,3-4,8,11H2,1-2H3. The van der Waals surface area contributed by atoms with Crippen LogP contribution in [-0.4, -0.2) is 28.0 Å². The molecule has 0 spiro atoms. The molecular weight excluding hydrogens is 352 g/mol. The summed E-state index contributed by atoms with van der Waals surface area (Å²) in [6, 6.07) is 11.7. The number of benzene rings is 2. The first-order valence-electron chi connectivity index (χ1n) is 8.48. The third kappa shape index (κ3) is 3.83. The van der Waals surface area contributed by atoms with Gasteiger partial charge in [0.05, 0.1) is 17.7 Å². The zero-order chi connectivity index (χ0) is 18.7. The third-order valence-electron chi connectivity index (χ3n) is 4.41. The van der Waals surface area contributed by atoms with Crippen LogP contribution >= 0.6 is 0 Å². The molecule has 138 valence electrons. The van der Waals surface area contributed by atoms with Crippen LogP contribution in [0.2, 0.25) is 0 Å². The maximum absolute atomic E-state index is 12.7. The fourth-order valence-electron chi connectivity index (χ4n) is 3.08. The van der Waals surface area contributed by atoms with Crippen LogP contribution in [0.25, 0.3) is 0 Å². The Bertz CT molecular complexity index is 925. The van der Waals surface area contributed by atoms with Gasteiger partial charge < -0.3 is 9.64 Å². The Labute approximate surface area is 153 Å². The summed E-state index contributed by atoms with van der Waals surface area (Å²) in [6.45, 7) is 2.38. The van der Waals surface area contributed by atoms with Gasteiger partial charge in [0, 0.05) is 18.7 Å². The van der Waals surface area contributed by atoms with Crippen molar-refractivity contribution in [1.82, 2.24) is 0 Å². The average molecular weight is 374 g/mol. The monoisotopic (exact) mass is 374 g/mol. The maximum Gasteiger partial charge on any atom is 0.262 e. The highest BCUT2D eigenvalue weighted by atomic mass is 32.2. The molecule has 0 aromatic heterocycles. The summed E-state index contributed by atoms with van der Waals surface area (Å²) in [6.07, 6.45) is 2.38. The van der Waals surface area contributed by atoms with E-state index in [4.69, 9.17) is 4.74 Å². The fraction of sp³-hybridized carbons (Fsp3) is 0.316. The highest BCUT2D eigenvalue weighted by Gasteiger charge is 2.21. The van der Waals surface area contributed by atoms with E-state index in [0.717, 1.165) is 12.8 Å². The Balaban J connectivity index is 1.86. The van der Waals surface area contributed by atoms with Crippen LogP contribution in [0, 0.1) is 6.92 Å². The van der Waals surface area contributed by atoms with E-state index in [1.807, 2.05) is 6.07 Å². The number of ether oxygens (including phenoxy) is 1. The molecule has 1 aliphatic rings. The summed E-state index contributed by atoms with van der Waals surface area (Å²) in [5, 5.41) is 0. The maximum atomic E-state index is 12.7. The number of nitrogens with one attached hydrogen (secondary N) is 1. The van der Waals surface area contributed by atoms with E-state index in [1.54, 1.807) is 42.2 Å². The number of aryl methyl sites for hydroxylation is 1. The van der Waals surface area contributed by atoms with Gasteiger partial charge in [0.2, 0.25) is 5.91 Å². The number of piperidine rings is 1. The summed E-state index contributed by atoms with van der Waals surface area (Å²) in [7, 11) is -2.20. The Hall–Kier alpha value is -2.54. The van der Waals surface area contributed by atoms with Crippen molar-refractivity contribution in [3.05, 3.63) is 48.0 Å². The predicted molar refractivity (Wildman–Crippen MR) is 101 cm³/mol. The van der Waals surface area contributed by atoms with Crippen molar-refractivity contribution in [2.45, 2.75) is 31.1 Å². The van der Waals surface area contributed by atoms with Gasteiger partial charge in [0.1, 0.15) is 5.75 Å². The molecular formula is C19H22N2O4S. The molecule has 26 heavy (non-hydrogen) atoms. The molecule has 1 aliphatic heterocycles. The largest absolute Gasteiger partial charge is 0.497 e. The Morgan fingerprint density at radius 1 is 1.12 bits per heavy atom. The van der Waals surface area contributed by atoms with Crippen molar-refractivity contribution in [3.63, 3.8) is 0 Å². The summed E-state index contributed by atoms with van der Waals surface area (Å²) < 4.78 is 33.2. The van der Waals surface area contributed by atoms with Crippen LogP contribution in [0.5, 0.6) is 5.75 Å². The van der Waals surface area contributed by atoms with Gasteiger partial charge >= 0.3 is 0 Å². The van der Waals surface area contributed by atoms with Crippen molar-refractivity contribution in [2.24, 2.45) is 0 Å². The van der Waals surface area contributed by atoms with Crippen molar-refractivity contribution in [3.8, 4) is 5.75 Å². The second kappa shape index (κ2) is 7.37. The third-order valence-corrected chi connectivity index (χ3v) is 5.95.